The van der Waals surface area contributed by atoms with E-state index in [0.717, 1.165) is 42.6 Å². The molecule has 0 radical (unpaired) electrons. The van der Waals surface area contributed by atoms with Crippen molar-refractivity contribution in [3.05, 3.63) is 33.5 Å². The number of Topliss-reactive ketones (excluding diaryl/α,β-unsaturated/α-hetero) is 1. The molecule has 2 N–H and O–H groups in total. The minimum absolute atomic E-state index is 0.0235. The number of aliphatic hydroxyl groups excluding tert-OH is 1. The summed E-state index contributed by atoms with van der Waals surface area (Å²) >= 11 is 1.47. The molecule has 1 aromatic rings. The van der Waals surface area contributed by atoms with Gasteiger partial charge in [0.15, 0.2) is 5.78 Å². The van der Waals surface area contributed by atoms with Gasteiger partial charge in [-0.3, -0.25) is 9.59 Å². The zero-order valence-electron chi connectivity index (χ0n) is 24.2. The van der Waals surface area contributed by atoms with Gasteiger partial charge in [0.25, 0.3) is 5.91 Å². The fourth-order valence-electron chi connectivity index (χ4n) is 11.1. The molecule has 0 bridgehead atoms. The van der Waals surface area contributed by atoms with Crippen LogP contribution in [0.15, 0.2) is 28.7 Å². The van der Waals surface area contributed by atoms with E-state index >= 15 is 0 Å². The summed E-state index contributed by atoms with van der Waals surface area (Å²) in [6.45, 7) is 14.1. The normalized spacial score (nSPS) is 43.8. The molecule has 6 rings (SSSR count). The van der Waals surface area contributed by atoms with Crippen LogP contribution >= 0.6 is 11.3 Å². The maximum Gasteiger partial charge on any atom is 0.262 e. The van der Waals surface area contributed by atoms with Crippen molar-refractivity contribution in [3.8, 4) is 0 Å². The summed E-state index contributed by atoms with van der Waals surface area (Å²) in [5.41, 5.74) is 2.27. The Labute approximate surface area is 233 Å². The van der Waals surface area contributed by atoms with Crippen molar-refractivity contribution < 1.29 is 14.7 Å². The largest absolute Gasteiger partial charge is 0.393 e. The first-order valence-corrected chi connectivity index (χ1v) is 16.0. The average molecular weight is 538 g/mol. The molecule has 5 aliphatic carbocycles. The molecule has 4 fully saturated rings. The Balaban J connectivity index is 1.38. The van der Waals surface area contributed by atoms with Crippen molar-refractivity contribution in [1.82, 2.24) is 5.32 Å². The van der Waals surface area contributed by atoms with Crippen molar-refractivity contribution in [2.45, 2.75) is 111 Å². The van der Waals surface area contributed by atoms with Gasteiger partial charge in [0.05, 0.1) is 16.5 Å². The summed E-state index contributed by atoms with van der Waals surface area (Å²) in [6, 6.07) is 3.81. The molecule has 8 unspecified atom stereocenters. The SMILES string of the molecule is CC(C)C1=C2C3CCC4C(C)(CCC5C(C)(C)C(O)CCC54C)C3CCC2(NC(=O)c2cccs2)CC1=O. The van der Waals surface area contributed by atoms with Gasteiger partial charge in [-0.1, -0.05) is 47.6 Å². The lowest BCUT2D eigenvalue weighted by Crippen LogP contribution is -2.64. The van der Waals surface area contributed by atoms with Crippen LogP contribution in [0.25, 0.3) is 0 Å². The third-order valence-electron chi connectivity index (χ3n) is 12.7. The van der Waals surface area contributed by atoms with Crippen molar-refractivity contribution in [2.75, 3.05) is 0 Å². The van der Waals surface area contributed by atoms with Gasteiger partial charge in [-0.15, -0.1) is 11.3 Å². The van der Waals surface area contributed by atoms with Crippen LogP contribution in [-0.4, -0.2) is 28.4 Å². The first-order valence-electron chi connectivity index (χ1n) is 15.2. The number of amides is 1. The Hall–Kier alpha value is -1.46. The van der Waals surface area contributed by atoms with Gasteiger partial charge in [-0.2, -0.15) is 0 Å². The Kier molecular flexibility index (Phi) is 6.17. The first kappa shape index (κ1) is 26.7. The molecule has 4 saturated carbocycles. The Bertz CT molecular complexity index is 1170. The average Bonchev–Trinajstić information content (AvgIpc) is 3.47. The number of allylic oxidation sites excluding steroid dienone is 1. The van der Waals surface area contributed by atoms with E-state index in [0.29, 0.717) is 30.1 Å². The molecule has 0 aliphatic heterocycles. The van der Waals surface area contributed by atoms with Crippen LogP contribution in [0.4, 0.5) is 0 Å². The monoisotopic (exact) mass is 537 g/mol. The summed E-state index contributed by atoms with van der Waals surface area (Å²) in [5.74, 6) is 2.54. The maximum atomic E-state index is 13.6. The molecule has 0 aromatic carbocycles. The van der Waals surface area contributed by atoms with Gasteiger partial charge < -0.3 is 10.4 Å². The summed E-state index contributed by atoms with van der Waals surface area (Å²) in [7, 11) is 0. The molecule has 8 atom stereocenters. The predicted molar refractivity (Wildman–Crippen MR) is 153 cm³/mol. The standard InChI is InChI=1S/C33H47NO3S/c1-19(2)27-22(35)18-33(34-29(37)23-8-7-17-38-23)16-11-21-20(28(27)33)9-10-25-31(21,5)14-12-24-30(3,4)26(36)13-15-32(24,25)6/h7-8,17,19-21,24-26,36H,9-16,18H2,1-6H3,(H,34,37). The number of carbonyl (C=O) groups is 2. The smallest absolute Gasteiger partial charge is 0.262 e. The van der Waals surface area contributed by atoms with Crippen LogP contribution in [0.1, 0.15) is 109 Å². The molecule has 5 heteroatoms. The van der Waals surface area contributed by atoms with Crippen molar-refractivity contribution in [1.29, 1.82) is 0 Å². The van der Waals surface area contributed by atoms with Gasteiger partial charge >= 0.3 is 0 Å². The quantitative estimate of drug-likeness (QED) is 0.429. The molecule has 1 aromatic heterocycles. The zero-order chi connectivity index (χ0) is 27.3. The molecule has 4 nitrogen and oxygen atoms in total. The van der Waals surface area contributed by atoms with Gasteiger partial charge in [-0.25, -0.2) is 0 Å². The molecule has 208 valence electrons. The van der Waals surface area contributed by atoms with Crippen LogP contribution in [-0.2, 0) is 4.79 Å². The van der Waals surface area contributed by atoms with E-state index in [4.69, 9.17) is 0 Å². The molecule has 1 heterocycles. The molecular formula is C33H47NO3S. The predicted octanol–water partition coefficient (Wildman–Crippen LogP) is 7.18. The topological polar surface area (TPSA) is 66.4 Å². The number of nitrogens with one attached hydrogen (secondary N) is 1. The maximum absolute atomic E-state index is 13.6. The molecular weight excluding hydrogens is 490 g/mol. The number of fused-ring (bicyclic) bond motifs is 7. The second-order valence-electron chi connectivity index (χ2n) is 15.0. The van der Waals surface area contributed by atoms with Crippen LogP contribution in [0, 0.1) is 45.8 Å². The van der Waals surface area contributed by atoms with E-state index in [2.05, 4.69) is 46.9 Å². The fourth-order valence-corrected chi connectivity index (χ4v) is 11.7. The highest BCUT2D eigenvalue weighted by atomic mass is 32.1. The molecule has 0 saturated heterocycles. The van der Waals surface area contributed by atoms with E-state index in [9.17, 15) is 14.7 Å². The minimum atomic E-state index is -0.514. The van der Waals surface area contributed by atoms with Gasteiger partial charge in [0.1, 0.15) is 0 Å². The number of ketones is 1. The third-order valence-corrected chi connectivity index (χ3v) is 13.5. The van der Waals surface area contributed by atoms with Gasteiger partial charge in [0, 0.05) is 6.42 Å². The number of thiophene rings is 1. The Morgan fingerprint density at radius 3 is 2.42 bits per heavy atom. The highest BCUT2D eigenvalue weighted by Gasteiger charge is 2.66. The lowest BCUT2D eigenvalue weighted by molar-refractivity contribution is -0.202. The number of aliphatic hydroxyl groups is 1. The molecule has 0 spiro atoms. The second kappa shape index (κ2) is 8.77. The number of hydrogen-bond donors (Lipinski definition) is 2. The molecule has 1 amide bonds. The summed E-state index contributed by atoms with van der Waals surface area (Å²) in [5, 5.41) is 16.4. The third kappa shape index (κ3) is 3.56. The van der Waals surface area contributed by atoms with E-state index < -0.39 is 5.54 Å². The zero-order valence-corrected chi connectivity index (χ0v) is 25.0. The van der Waals surface area contributed by atoms with E-state index in [1.165, 1.54) is 36.2 Å². The fraction of sp³-hybridized carbons (Fsp3) is 0.758. The van der Waals surface area contributed by atoms with Crippen molar-refractivity contribution in [2.24, 2.45) is 45.8 Å². The Morgan fingerprint density at radius 1 is 1.00 bits per heavy atom. The lowest BCUT2D eigenvalue weighted by Gasteiger charge is -2.68. The second-order valence-corrected chi connectivity index (χ2v) is 15.9. The minimum Gasteiger partial charge on any atom is -0.393 e. The van der Waals surface area contributed by atoms with Gasteiger partial charge in [0.2, 0.25) is 0 Å². The van der Waals surface area contributed by atoms with Crippen LogP contribution in [0.2, 0.25) is 0 Å². The van der Waals surface area contributed by atoms with Crippen LogP contribution < -0.4 is 5.32 Å². The number of rotatable bonds is 3. The summed E-state index contributed by atoms with van der Waals surface area (Å²) in [6.07, 6.45) is 8.92. The number of carbonyl (C=O) groups excluding carboxylic acids is 2. The Morgan fingerprint density at radius 2 is 1.74 bits per heavy atom. The number of hydrogen-bond acceptors (Lipinski definition) is 4. The van der Waals surface area contributed by atoms with Crippen molar-refractivity contribution >= 4 is 23.0 Å². The van der Waals surface area contributed by atoms with Gasteiger partial charge in [-0.05, 0) is 120 Å². The molecule has 5 aliphatic rings. The summed E-state index contributed by atoms with van der Waals surface area (Å²) < 4.78 is 0. The highest BCUT2D eigenvalue weighted by Crippen LogP contribution is 2.72. The highest BCUT2D eigenvalue weighted by molar-refractivity contribution is 7.12. The first-order chi connectivity index (χ1) is 17.8. The van der Waals surface area contributed by atoms with E-state index in [1.807, 2.05) is 17.5 Å². The summed E-state index contributed by atoms with van der Waals surface area (Å²) in [4.78, 5) is 27.7. The van der Waals surface area contributed by atoms with E-state index in [1.54, 1.807) is 0 Å². The lowest BCUT2D eigenvalue weighted by atomic mass is 9.37. The molecule has 38 heavy (non-hydrogen) atoms. The van der Waals surface area contributed by atoms with Crippen LogP contribution in [0.5, 0.6) is 0 Å². The van der Waals surface area contributed by atoms with Crippen molar-refractivity contribution in [3.63, 3.8) is 0 Å². The van der Waals surface area contributed by atoms with E-state index in [-0.39, 0.29) is 40.0 Å². The van der Waals surface area contributed by atoms with Crippen LogP contribution in [0.3, 0.4) is 0 Å².